The van der Waals surface area contributed by atoms with Gasteiger partial charge in [0.25, 0.3) is 0 Å². The summed E-state index contributed by atoms with van der Waals surface area (Å²) < 4.78 is 0. The fourth-order valence-electron chi connectivity index (χ4n) is 7.31. The van der Waals surface area contributed by atoms with Crippen LogP contribution in [0.4, 0.5) is 11.4 Å². The Hall–Kier alpha value is -4.52. The van der Waals surface area contributed by atoms with Crippen LogP contribution in [-0.4, -0.2) is 28.7 Å². The van der Waals surface area contributed by atoms with E-state index in [4.69, 9.17) is 0 Å². The number of rotatable bonds is 3. The second-order valence-electron chi connectivity index (χ2n) is 10.8. The van der Waals surface area contributed by atoms with Crippen molar-refractivity contribution >= 4 is 35.0 Å². The minimum absolute atomic E-state index is 0.107. The molecule has 0 spiro atoms. The van der Waals surface area contributed by atoms with E-state index in [1.54, 1.807) is 72.8 Å². The van der Waals surface area contributed by atoms with Crippen LogP contribution in [0.3, 0.4) is 0 Å². The van der Waals surface area contributed by atoms with Crippen LogP contribution in [0.25, 0.3) is 0 Å². The molecule has 4 aliphatic rings. The van der Waals surface area contributed by atoms with Crippen molar-refractivity contribution < 1.29 is 24.3 Å². The Labute approximate surface area is 225 Å². The number of benzene rings is 3. The third-order valence-electron chi connectivity index (χ3n) is 8.93. The van der Waals surface area contributed by atoms with E-state index in [1.165, 1.54) is 9.80 Å². The molecule has 1 saturated carbocycles. The molecule has 3 aromatic carbocycles. The van der Waals surface area contributed by atoms with Crippen molar-refractivity contribution in [1.29, 1.82) is 0 Å². The smallest absolute Gasteiger partial charge is 0.238 e. The van der Waals surface area contributed by atoms with Gasteiger partial charge in [-0.05, 0) is 60.7 Å². The Balaban J connectivity index is 1.34. The maximum absolute atomic E-state index is 14.0. The van der Waals surface area contributed by atoms with Gasteiger partial charge in [-0.2, -0.15) is 0 Å². The zero-order chi connectivity index (χ0) is 26.8. The molecule has 2 aliphatic heterocycles. The fraction of sp³-hybridized carbons (Fsp3) is 0.250. The number of amides is 4. The molecule has 2 heterocycles. The number of para-hydroxylation sites is 2. The molecule has 39 heavy (non-hydrogen) atoms. The van der Waals surface area contributed by atoms with Crippen LogP contribution in [0.15, 0.2) is 96.6 Å². The Kier molecular flexibility index (Phi) is 5.30. The maximum atomic E-state index is 14.0. The van der Waals surface area contributed by atoms with Gasteiger partial charge in [0.2, 0.25) is 23.6 Å². The van der Waals surface area contributed by atoms with Gasteiger partial charge in [-0.1, -0.05) is 60.2 Å². The van der Waals surface area contributed by atoms with Crippen molar-refractivity contribution in [2.45, 2.75) is 18.8 Å². The molecule has 1 N–H and O–H groups in total. The molecule has 0 aromatic heterocycles. The summed E-state index contributed by atoms with van der Waals surface area (Å²) in [4.78, 5) is 57.8. The van der Waals surface area contributed by atoms with Crippen LogP contribution in [0, 0.1) is 29.6 Å². The van der Waals surface area contributed by atoms with E-state index in [1.807, 2.05) is 18.2 Å². The Bertz CT molecular complexity index is 1530. The summed E-state index contributed by atoms with van der Waals surface area (Å²) in [5, 5.41) is 9.95. The van der Waals surface area contributed by atoms with Gasteiger partial charge in [-0.25, -0.2) is 0 Å². The van der Waals surface area contributed by atoms with Crippen LogP contribution in [-0.2, 0) is 19.2 Å². The predicted molar refractivity (Wildman–Crippen MR) is 143 cm³/mol. The van der Waals surface area contributed by atoms with Crippen molar-refractivity contribution in [2.75, 3.05) is 9.80 Å². The number of phenolic OH excluding ortho intramolecular Hbond substituents is 1. The molecule has 7 rings (SSSR count). The molecule has 3 fully saturated rings. The van der Waals surface area contributed by atoms with Gasteiger partial charge in [0.15, 0.2) is 0 Å². The van der Waals surface area contributed by atoms with E-state index in [2.05, 4.69) is 0 Å². The molecule has 6 atom stereocenters. The second-order valence-corrected chi connectivity index (χ2v) is 10.8. The summed E-state index contributed by atoms with van der Waals surface area (Å²) in [6.07, 6.45) is 2.77. The van der Waals surface area contributed by atoms with Gasteiger partial charge < -0.3 is 5.11 Å². The number of hydrogen-bond donors (Lipinski definition) is 1. The van der Waals surface area contributed by atoms with Gasteiger partial charge in [-0.15, -0.1) is 0 Å². The molecule has 7 heteroatoms. The minimum atomic E-state index is -0.626. The first kappa shape index (κ1) is 23.6. The Morgan fingerprint density at radius 2 is 1.13 bits per heavy atom. The van der Waals surface area contributed by atoms with Crippen LogP contribution in [0.5, 0.6) is 5.75 Å². The zero-order valence-corrected chi connectivity index (χ0v) is 21.0. The highest BCUT2D eigenvalue weighted by atomic mass is 16.3. The molecule has 194 valence electrons. The minimum Gasteiger partial charge on any atom is -0.508 e. The Morgan fingerprint density at radius 3 is 1.72 bits per heavy atom. The number of aromatic hydroxyl groups is 1. The lowest BCUT2D eigenvalue weighted by molar-refractivity contribution is -0.126. The summed E-state index contributed by atoms with van der Waals surface area (Å²) in [6.45, 7) is 0. The van der Waals surface area contributed by atoms with E-state index in [9.17, 15) is 24.3 Å². The number of carbonyl (C=O) groups excluding carboxylic acids is 4. The number of nitrogens with zero attached hydrogens (tertiary/aromatic N) is 2. The zero-order valence-electron chi connectivity index (χ0n) is 21.0. The number of anilines is 2. The lowest BCUT2D eigenvalue weighted by Crippen LogP contribution is -2.43. The van der Waals surface area contributed by atoms with E-state index >= 15 is 0 Å². The van der Waals surface area contributed by atoms with Crippen molar-refractivity contribution in [3.63, 3.8) is 0 Å². The van der Waals surface area contributed by atoms with Gasteiger partial charge in [0.1, 0.15) is 5.75 Å². The molecule has 2 aliphatic carbocycles. The first-order valence-electron chi connectivity index (χ1n) is 13.3. The second kappa shape index (κ2) is 8.76. The highest BCUT2D eigenvalue weighted by Gasteiger charge is 2.62. The van der Waals surface area contributed by atoms with Crippen LogP contribution in [0.1, 0.15) is 24.3 Å². The first-order valence-corrected chi connectivity index (χ1v) is 13.3. The summed E-state index contributed by atoms with van der Waals surface area (Å²) in [7, 11) is 0. The van der Waals surface area contributed by atoms with Crippen LogP contribution >= 0.6 is 0 Å². The highest BCUT2D eigenvalue weighted by molar-refractivity contribution is 6.24. The summed E-state index contributed by atoms with van der Waals surface area (Å²) in [5.74, 6) is -3.99. The monoisotopic (exact) mass is 518 g/mol. The number of imide groups is 2. The van der Waals surface area contributed by atoms with Crippen molar-refractivity contribution in [2.24, 2.45) is 29.6 Å². The van der Waals surface area contributed by atoms with Gasteiger partial charge in [0.05, 0.1) is 35.0 Å². The van der Waals surface area contributed by atoms with Gasteiger partial charge in [-0.3, -0.25) is 29.0 Å². The van der Waals surface area contributed by atoms with Crippen LogP contribution < -0.4 is 9.80 Å². The topological polar surface area (TPSA) is 95.0 Å². The fourth-order valence-corrected chi connectivity index (χ4v) is 7.31. The molecular formula is C32H26N2O5. The molecule has 2 saturated heterocycles. The number of fused-ring (bicyclic) bond motifs is 4. The third-order valence-corrected chi connectivity index (χ3v) is 8.93. The van der Waals surface area contributed by atoms with Crippen molar-refractivity contribution in [3.05, 3.63) is 102 Å². The standard InChI is InChI=1S/C32H26N2O5/c35-21-13-11-18(12-14-21)26-22-15-16-23-27(31(38)33(29(23)36)19-7-3-1-4-8-19)24(22)17-25-28(26)32(39)34(30(25)37)20-9-5-2-6-10-20/h1-15,23-28,35H,16-17H2. The number of hydrogen-bond acceptors (Lipinski definition) is 5. The SMILES string of the molecule is O=C1C2CC=C3C(CC4C(=O)N(c5ccccc5)C(=O)C4C3c3ccc(O)cc3)C2C(=O)N1c1ccccc1. The summed E-state index contributed by atoms with van der Waals surface area (Å²) in [6, 6.07) is 24.6. The number of allylic oxidation sites excluding steroid dienone is 2. The van der Waals surface area contributed by atoms with E-state index in [0.717, 1.165) is 11.1 Å². The number of carbonyl (C=O) groups is 4. The summed E-state index contributed by atoms with van der Waals surface area (Å²) in [5.41, 5.74) is 2.83. The molecule has 6 unspecified atom stereocenters. The van der Waals surface area contributed by atoms with E-state index < -0.39 is 29.6 Å². The number of phenols is 1. The Morgan fingerprint density at radius 1 is 0.590 bits per heavy atom. The average molecular weight is 519 g/mol. The molecule has 4 amide bonds. The van der Waals surface area contributed by atoms with Crippen molar-refractivity contribution in [1.82, 2.24) is 0 Å². The predicted octanol–water partition coefficient (Wildman–Crippen LogP) is 4.44. The lowest BCUT2D eigenvalue weighted by Gasteiger charge is -2.44. The normalized spacial score (nSPS) is 29.7. The van der Waals surface area contributed by atoms with Crippen LogP contribution in [0.2, 0.25) is 0 Å². The van der Waals surface area contributed by atoms with Gasteiger partial charge in [0, 0.05) is 5.92 Å². The molecule has 3 aromatic rings. The van der Waals surface area contributed by atoms with Crippen molar-refractivity contribution in [3.8, 4) is 5.75 Å². The molecule has 0 bridgehead atoms. The maximum Gasteiger partial charge on any atom is 0.238 e. The highest BCUT2D eigenvalue weighted by Crippen LogP contribution is 2.58. The molecule has 7 nitrogen and oxygen atoms in total. The lowest BCUT2D eigenvalue weighted by atomic mass is 9.57. The van der Waals surface area contributed by atoms with E-state index in [0.29, 0.717) is 24.2 Å². The third kappa shape index (κ3) is 3.42. The summed E-state index contributed by atoms with van der Waals surface area (Å²) >= 11 is 0. The largest absolute Gasteiger partial charge is 0.508 e. The first-order chi connectivity index (χ1) is 19.0. The van der Waals surface area contributed by atoms with E-state index in [-0.39, 0.29) is 35.3 Å². The molecule has 0 radical (unpaired) electrons. The molecular weight excluding hydrogens is 492 g/mol. The van der Waals surface area contributed by atoms with Gasteiger partial charge >= 0.3 is 0 Å². The quantitative estimate of drug-likeness (QED) is 0.409. The average Bonchev–Trinajstić information content (AvgIpc) is 3.37.